The van der Waals surface area contributed by atoms with Crippen LogP contribution in [0.3, 0.4) is 0 Å². The van der Waals surface area contributed by atoms with Crippen molar-refractivity contribution in [3.63, 3.8) is 0 Å². The fourth-order valence-electron chi connectivity index (χ4n) is 3.10. The van der Waals surface area contributed by atoms with Crippen LogP contribution < -0.4 is 5.32 Å². The molecule has 0 bridgehead atoms. The lowest BCUT2D eigenvalue weighted by Crippen LogP contribution is -2.43. The van der Waals surface area contributed by atoms with Gasteiger partial charge < -0.3 is 10.2 Å². The highest BCUT2D eigenvalue weighted by atomic mass is 19.1. The predicted molar refractivity (Wildman–Crippen MR) is 95.5 cm³/mol. The first kappa shape index (κ1) is 18.0. The number of amides is 2. The first-order valence-corrected chi connectivity index (χ1v) is 8.81. The highest BCUT2D eigenvalue weighted by Gasteiger charge is 2.27. The monoisotopic (exact) mass is 355 g/mol. The standard InChI is InChI=1S/C20H22FN3O2/c21-17-6-4-15(5-7-17)13-19(25)24-11-8-16(9-12-24)20(26)23-14-18-3-1-2-10-22-18/h1-7,10,16H,8-9,11-14H2,(H,23,26). The molecule has 0 radical (unpaired) electrons. The van der Waals surface area contributed by atoms with Crippen LogP contribution in [0.4, 0.5) is 4.39 Å². The topological polar surface area (TPSA) is 62.3 Å². The van der Waals surface area contributed by atoms with Gasteiger partial charge in [-0.15, -0.1) is 0 Å². The van der Waals surface area contributed by atoms with Crippen molar-refractivity contribution in [1.29, 1.82) is 0 Å². The number of nitrogens with one attached hydrogen (secondary N) is 1. The smallest absolute Gasteiger partial charge is 0.226 e. The van der Waals surface area contributed by atoms with Gasteiger partial charge in [0.15, 0.2) is 0 Å². The minimum atomic E-state index is -0.307. The van der Waals surface area contributed by atoms with Crippen LogP contribution in [0.2, 0.25) is 0 Å². The third-order valence-corrected chi connectivity index (χ3v) is 4.66. The van der Waals surface area contributed by atoms with Crippen molar-refractivity contribution >= 4 is 11.8 Å². The molecule has 0 atom stereocenters. The minimum absolute atomic E-state index is 0.0151. The van der Waals surface area contributed by atoms with Crippen LogP contribution in [0.1, 0.15) is 24.1 Å². The van der Waals surface area contributed by atoms with E-state index >= 15 is 0 Å². The molecule has 0 unspecified atom stereocenters. The third kappa shape index (κ3) is 4.88. The molecule has 1 N–H and O–H groups in total. The van der Waals surface area contributed by atoms with Crippen molar-refractivity contribution < 1.29 is 14.0 Å². The molecule has 0 spiro atoms. The number of carbonyl (C=O) groups is 2. The Morgan fingerprint density at radius 2 is 1.85 bits per heavy atom. The summed E-state index contributed by atoms with van der Waals surface area (Å²) < 4.78 is 12.9. The lowest BCUT2D eigenvalue weighted by Gasteiger charge is -2.31. The molecule has 1 aliphatic rings. The molecular formula is C20H22FN3O2. The molecule has 1 aliphatic heterocycles. The van der Waals surface area contributed by atoms with Crippen LogP contribution in [0.15, 0.2) is 48.7 Å². The van der Waals surface area contributed by atoms with Gasteiger partial charge in [0.2, 0.25) is 11.8 Å². The second-order valence-corrected chi connectivity index (χ2v) is 6.50. The van der Waals surface area contributed by atoms with Crippen LogP contribution in [-0.2, 0) is 22.6 Å². The molecule has 2 aromatic rings. The Hall–Kier alpha value is -2.76. The summed E-state index contributed by atoms with van der Waals surface area (Å²) in [4.78, 5) is 30.6. The summed E-state index contributed by atoms with van der Waals surface area (Å²) in [7, 11) is 0. The maximum atomic E-state index is 12.9. The Kier molecular flexibility index (Phi) is 5.94. The van der Waals surface area contributed by atoms with E-state index in [0.717, 1.165) is 11.3 Å². The molecule has 1 aromatic heterocycles. The molecular weight excluding hydrogens is 333 g/mol. The first-order chi connectivity index (χ1) is 12.6. The number of hydrogen-bond acceptors (Lipinski definition) is 3. The third-order valence-electron chi connectivity index (χ3n) is 4.66. The molecule has 1 saturated heterocycles. The van der Waals surface area contributed by atoms with Gasteiger partial charge in [0, 0.05) is 25.2 Å². The fourth-order valence-corrected chi connectivity index (χ4v) is 3.10. The van der Waals surface area contributed by atoms with Crippen LogP contribution in [-0.4, -0.2) is 34.8 Å². The molecule has 5 nitrogen and oxygen atoms in total. The van der Waals surface area contributed by atoms with Gasteiger partial charge >= 0.3 is 0 Å². The highest BCUT2D eigenvalue weighted by Crippen LogP contribution is 2.18. The molecule has 136 valence electrons. The Balaban J connectivity index is 1.43. The second kappa shape index (κ2) is 8.56. The van der Waals surface area contributed by atoms with Gasteiger partial charge in [0.25, 0.3) is 0 Å². The molecule has 1 fully saturated rings. The summed E-state index contributed by atoms with van der Waals surface area (Å²) in [5, 5.41) is 2.92. The van der Waals surface area contributed by atoms with Gasteiger partial charge in [-0.1, -0.05) is 18.2 Å². The summed E-state index contributed by atoms with van der Waals surface area (Å²) in [6.45, 7) is 1.56. The average Bonchev–Trinajstić information content (AvgIpc) is 2.69. The van der Waals surface area contributed by atoms with Gasteiger partial charge in [-0.3, -0.25) is 14.6 Å². The van der Waals surface area contributed by atoms with Crippen molar-refractivity contribution in [1.82, 2.24) is 15.2 Å². The van der Waals surface area contributed by atoms with E-state index in [1.165, 1.54) is 12.1 Å². The number of aromatic nitrogens is 1. The zero-order valence-electron chi connectivity index (χ0n) is 14.5. The lowest BCUT2D eigenvalue weighted by molar-refractivity contribution is -0.135. The zero-order valence-corrected chi connectivity index (χ0v) is 14.5. The number of piperidine rings is 1. The number of carbonyl (C=O) groups excluding carboxylic acids is 2. The number of benzene rings is 1. The van der Waals surface area contributed by atoms with Crippen LogP contribution >= 0.6 is 0 Å². The van der Waals surface area contributed by atoms with Gasteiger partial charge in [-0.05, 0) is 42.7 Å². The number of likely N-dealkylation sites (tertiary alicyclic amines) is 1. The maximum absolute atomic E-state index is 12.9. The largest absolute Gasteiger partial charge is 0.350 e. The summed E-state index contributed by atoms with van der Waals surface area (Å²) in [5.41, 5.74) is 1.62. The Labute approximate surface area is 152 Å². The van der Waals surface area contributed by atoms with Crippen molar-refractivity contribution in [3.8, 4) is 0 Å². The number of halogens is 1. The fraction of sp³-hybridized carbons (Fsp3) is 0.350. The highest BCUT2D eigenvalue weighted by molar-refractivity contribution is 5.81. The Morgan fingerprint density at radius 3 is 2.50 bits per heavy atom. The van der Waals surface area contributed by atoms with Crippen LogP contribution in [0, 0.1) is 11.7 Å². The minimum Gasteiger partial charge on any atom is -0.350 e. The molecule has 0 saturated carbocycles. The van der Waals surface area contributed by atoms with E-state index in [1.807, 2.05) is 18.2 Å². The van der Waals surface area contributed by atoms with Crippen LogP contribution in [0.5, 0.6) is 0 Å². The van der Waals surface area contributed by atoms with Crippen molar-refractivity contribution in [3.05, 3.63) is 65.7 Å². The van der Waals surface area contributed by atoms with Gasteiger partial charge in [-0.2, -0.15) is 0 Å². The number of rotatable bonds is 5. The van der Waals surface area contributed by atoms with E-state index < -0.39 is 0 Å². The molecule has 1 aromatic carbocycles. The molecule has 26 heavy (non-hydrogen) atoms. The number of pyridine rings is 1. The first-order valence-electron chi connectivity index (χ1n) is 8.81. The summed E-state index contributed by atoms with van der Waals surface area (Å²) in [6, 6.07) is 11.6. The SMILES string of the molecule is O=C(NCc1ccccn1)C1CCN(C(=O)Cc2ccc(F)cc2)CC1. The van der Waals surface area contributed by atoms with Gasteiger partial charge in [0.05, 0.1) is 18.7 Å². The molecule has 0 aliphatic carbocycles. The van der Waals surface area contributed by atoms with E-state index in [2.05, 4.69) is 10.3 Å². The predicted octanol–water partition coefficient (Wildman–Crippen LogP) is 2.32. The Bertz CT molecular complexity index is 741. The summed E-state index contributed by atoms with van der Waals surface area (Å²) >= 11 is 0. The van der Waals surface area contributed by atoms with Crippen LogP contribution in [0.25, 0.3) is 0 Å². The van der Waals surface area contributed by atoms with E-state index in [9.17, 15) is 14.0 Å². The van der Waals surface area contributed by atoms with Crippen molar-refractivity contribution in [2.24, 2.45) is 5.92 Å². The average molecular weight is 355 g/mol. The van der Waals surface area contributed by atoms with E-state index in [-0.39, 0.29) is 30.0 Å². The number of nitrogens with zero attached hydrogens (tertiary/aromatic N) is 2. The van der Waals surface area contributed by atoms with Crippen molar-refractivity contribution in [2.75, 3.05) is 13.1 Å². The quantitative estimate of drug-likeness (QED) is 0.895. The van der Waals surface area contributed by atoms with E-state index in [4.69, 9.17) is 0 Å². The Morgan fingerprint density at radius 1 is 1.12 bits per heavy atom. The van der Waals surface area contributed by atoms with E-state index in [1.54, 1.807) is 23.2 Å². The summed E-state index contributed by atoms with van der Waals surface area (Å²) in [6.07, 6.45) is 3.27. The normalized spacial score (nSPS) is 14.9. The molecule has 2 heterocycles. The molecule has 6 heteroatoms. The molecule has 3 rings (SSSR count). The van der Waals surface area contributed by atoms with Gasteiger partial charge in [0.1, 0.15) is 5.82 Å². The summed E-state index contributed by atoms with van der Waals surface area (Å²) in [5.74, 6) is -0.349. The second-order valence-electron chi connectivity index (χ2n) is 6.50. The zero-order chi connectivity index (χ0) is 18.4. The van der Waals surface area contributed by atoms with Gasteiger partial charge in [-0.25, -0.2) is 4.39 Å². The number of hydrogen-bond donors (Lipinski definition) is 1. The maximum Gasteiger partial charge on any atom is 0.226 e. The molecule has 2 amide bonds. The van der Waals surface area contributed by atoms with Crippen molar-refractivity contribution in [2.45, 2.75) is 25.8 Å². The lowest BCUT2D eigenvalue weighted by atomic mass is 9.95. The van der Waals surface area contributed by atoms with E-state index in [0.29, 0.717) is 32.5 Å².